The lowest BCUT2D eigenvalue weighted by Gasteiger charge is -2.06. The number of hydrogen-bond donors (Lipinski definition) is 2. The number of pyridine rings is 1. The summed E-state index contributed by atoms with van der Waals surface area (Å²) in [4.78, 5) is 20.6. The van der Waals surface area contributed by atoms with Crippen molar-refractivity contribution in [3.63, 3.8) is 0 Å². The summed E-state index contributed by atoms with van der Waals surface area (Å²) in [6.45, 7) is -1.12. The number of aromatic nitrogens is 4. The molecule has 7 nitrogen and oxygen atoms in total. The number of nitrogens with one attached hydrogen (secondary N) is 2. The number of benzene rings is 1. The van der Waals surface area contributed by atoms with Gasteiger partial charge in [-0.25, -0.2) is 4.98 Å². The van der Waals surface area contributed by atoms with Crippen molar-refractivity contribution in [3.05, 3.63) is 53.7 Å². The molecule has 0 fully saturated rings. The van der Waals surface area contributed by atoms with Crippen molar-refractivity contribution < 1.29 is 18.3 Å². The second-order valence-electron chi connectivity index (χ2n) is 5.03. The first kappa shape index (κ1) is 16.5. The Bertz CT molecular complexity index is 897. The molecule has 0 saturated heterocycles. The van der Waals surface area contributed by atoms with Gasteiger partial charge in [-0.3, -0.25) is 15.2 Å². The molecule has 0 saturated carbocycles. The molecule has 1 aromatic carbocycles. The van der Waals surface area contributed by atoms with Gasteiger partial charge in [0.15, 0.2) is 5.82 Å². The van der Waals surface area contributed by atoms with Gasteiger partial charge in [0.25, 0.3) is 5.91 Å². The number of hydrogen-bond acceptors (Lipinski definition) is 5. The Morgan fingerprint density at radius 1 is 1.20 bits per heavy atom. The number of aryl methyl sites for hydroxylation is 1. The van der Waals surface area contributed by atoms with E-state index in [9.17, 15) is 13.6 Å². The van der Waals surface area contributed by atoms with Crippen LogP contribution in [0.2, 0.25) is 0 Å². The summed E-state index contributed by atoms with van der Waals surface area (Å²) in [5.74, 6) is -0.220. The van der Waals surface area contributed by atoms with Crippen molar-refractivity contribution >= 4 is 11.9 Å². The van der Waals surface area contributed by atoms with Gasteiger partial charge in [0.05, 0.1) is 0 Å². The molecule has 3 rings (SSSR count). The number of anilines is 1. The van der Waals surface area contributed by atoms with Gasteiger partial charge in [0.1, 0.15) is 11.4 Å². The summed E-state index contributed by atoms with van der Waals surface area (Å²) >= 11 is 0. The van der Waals surface area contributed by atoms with E-state index in [-0.39, 0.29) is 17.3 Å². The lowest BCUT2D eigenvalue weighted by atomic mass is 10.2. The Labute approximate surface area is 141 Å². The number of amides is 1. The molecule has 0 aliphatic carbocycles. The average molecular weight is 345 g/mol. The van der Waals surface area contributed by atoms with E-state index >= 15 is 0 Å². The van der Waals surface area contributed by atoms with E-state index in [1.165, 1.54) is 24.3 Å². The fourth-order valence-electron chi connectivity index (χ4n) is 2.09. The molecule has 0 bridgehead atoms. The molecule has 2 aromatic heterocycles. The fourth-order valence-corrected chi connectivity index (χ4v) is 2.09. The molecule has 0 aliphatic rings. The van der Waals surface area contributed by atoms with Gasteiger partial charge in [-0.05, 0) is 37.3 Å². The predicted molar refractivity (Wildman–Crippen MR) is 85.4 cm³/mol. The molecule has 1 amide bonds. The number of carbonyl (C=O) groups excluding carboxylic acids is 1. The number of H-pyrrole nitrogens is 1. The van der Waals surface area contributed by atoms with E-state index in [0.29, 0.717) is 11.5 Å². The summed E-state index contributed by atoms with van der Waals surface area (Å²) in [6, 6.07) is 10.9. The van der Waals surface area contributed by atoms with Crippen molar-refractivity contribution in [2.45, 2.75) is 13.5 Å². The Hall–Kier alpha value is -3.36. The van der Waals surface area contributed by atoms with E-state index in [2.05, 4.69) is 30.2 Å². The van der Waals surface area contributed by atoms with Crippen LogP contribution in [0.25, 0.3) is 11.5 Å². The quantitative estimate of drug-likeness (QED) is 0.741. The van der Waals surface area contributed by atoms with E-state index < -0.39 is 12.5 Å². The van der Waals surface area contributed by atoms with Crippen molar-refractivity contribution in [2.24, 2.45) is 0 Å². The third kappa shape index (κ3) is 4.14. The van der Waals surface area contributed by atoms with Gasteiger partial charge < -0.3 is 4.74 Å². The molecule has 2 N–H and O–H groups in total. The molecule has 0 atom stereocenters. The van der Waals surface area contributed by atoms with Crippen LogP contribution >= 0.6 is 0 Å². The molecule has 0 aliphatic heterocycles. The minimum absolute atomic E-state index is 0.0449. The monoisotopic (exact) mass is 345 g/mol. The summed E-state index contributed by atoms with van der Waals surface area (Å²) < 4.78 is 28.7. The minimum atomic E-state index is -2.96. The molecule has 128 valence electrons. The zero-order valence-corrected chi connectivity index (χ0v) is 13.0. The number of aromatic amines is 1. The van der Waals surface area contributed by atoms with Crippen LogP contribution < -0.4 is 10.1 Å². The molecule has 2 heterocycles. The number of halogens is 2. The highest BCUT2D eigenvalue weighted by Crippen LogP contribution is 2.18. The molecule has 25 heavy (non-hydrogen) atoms. The van der Waals surface area contributed by atoms with Gasteiger partial charge in [-0.1, -0.05) is 12.1 Å². The number of alkyl halides is 2. The van der Waals surface area contributed by atoms with E-state index in [4.69, 9.17) is 0 Å². The van der Waals surface area contributed by atoms with Gasteiger partial charge in [0, 0.05) is 11.3 Å². The van der Waals surface area contributed by atoms with Crippen LogP contribution in [-0.4, -0.2) is 32.7 Å². The predicted octanol–water partition coefficient (Wildman–Crippen LogP) is 3.03. The molecule has 3 aromatic rings. The Kier molecular flexibility index (Phi) is 4.64. The number of nitrogens with zero attached hydrogens (tertiary/aromatic N) is 3. The Morgan fingerprint density at radius 3 is 2.76 bits per heavy atom. The normalized spacial score (nSPS) is 10.7. The number of carbonyl (C=O) groups is 1. The van der Waals surface area contributed by atoms with Crippen molar-refractivity contribution in [2.75, 3.05) is 5.32 Å². The average Bonchev–Trinajstić information content (AvgIpc) is 3.03. The zero-order chi connectivity index (χ0) is 17.8. The largest absolute Gasteiger partial charge is 0.435 e. The molecular formula is C16H13F2N5O2. The Balaban J connectivity index is 1.74. The standard InChI is InChI=1S/C16H13F2N5O2/c1-9-4-2-7-12(19-9)13-20-16(23-22-13)21-14(24)10-5-3-6-11(8-10)25-15(17)18/h2-8,15H,1H3,(H2,20,21,22,23,24). The smallest absolute Gasteiger partial charge is 0.387 e. The second kappa shape index (κ2) is 7.04. The third-order valence-electron chi connectivity index (χ3n) is 3.16. The van der Waals surface area contributed by atoms with Crippen LogP contribution in [0.5, 0.6) is 5.75 Å². The molecule has 9 heteroatoms. The molecule has 0 radical (unpaired) electrons. The second-order valence-corrected chi connectivity index (χ2v) is 5.03. The maximum absolute atomic E-state index is 12.2. The van der Waals surface area contributed by atoms with Crippen LogP contribution in [0, 0.1) is 6.92 Å². The van der Waals surface area contributed by atoms with Gasteiger partial charge in [0.2, 0.25) is 5.95 Å². The third-order valence-corrected chi connectivity index (χ3v) is 3.16. The Morgan fingerprint density at radius 2 is 2.00 bits per heavy atom. The van der Waals surface area contributed by atoms with E-state index in [1.807, 2.05) is 19.1 Å². The first-order valence-corrected chi connectivity index (χ1v) is 7.24. The highest BCUT2D eigenvalue weighted by Gasteiger charge is 2.13. The van der Waals surface area contributed by atoms with Gasteiger partial charge in [-0.15, -0.1) is 5.10 Å². The summed E-state index contributed by atoms with van der Waals surface area (Å²) in [7, 11) is 0. The minimum Gasteiger partial charge on any atom is -0.435 e. The zero-order valence-electron chi connectivity index (χ0n) is 13.0. The van der Waals surface area contributed by atoms with Crippen molar-refractivity contribution in [1.29, 1.82) is 0 Å². The highest BCUT2D eigenvalue weighted by atomic mass is 19.3. The lowest BCUT2D eigenvalue weighted by Crippen LogP contribution is -2.13. The number of ether oxygens (including phenoxy) is 1. The molecular weight excluding hydrogens is 332 g/mol. The maximum atomic E-state index is 12.2. The molecule has 0 unspecified atom stereocenters. The van der Waals surface area contributed by atoms with Crippen molar-refractivity contribution in [3.8, 4) is 17.3 Å². The lowest BCUT2D eigenvalue weighted by molar-refractivity contribution is -0.0498. The first-order chi connectivity index (χ1) is 12.0. The number of rotatable bonds is 5. The summed E-state index contributed by atoms with van der Waals surface area (Å²) in [5, 5.41) is 9.06. The fraction of sp³-hybridized carbons (Fsp3) is 0.125. The first-order valence-electron chi connectivity index (χ1n) is 7.24. The van der Waals surface area contributed by atoms with Crippen LogP contribution in [-0.2, 0) is 0 Å². The topological polar surface area (TPSA) is 92.8 Å². The van der Waals surface area contributed by atoms with Crippen LogP contribution in [0.4, 0.5) is 14.7 Å². The SMILES string of the molecule is Cc1cccc(-c2nc(NC(=O)c3cccc(OC(F)F)c3)n[nH]2)n1. The van der Waals surface area contributed by atoms with Crippen molar-refractivity contribution in [1.82, 2.24) is 20.2 Å². The van der Waals surface area contributed by atoms with Crippen LogP contribution in [0.3, 0.4) is 0 Å². The summed E-state index contributed by atoms with van der Waals surface area (Å²) in [6.07, 6.45) is 0. The van der Waals surface area contributed by atoms with Crippen LogP contribution in [0.1, 0.15) is 16.1 Å². The van der Waals surface area contributed by atoms with E-state index in [0.717, 1.165) is 5.69 Å². The maximum Gasteiger partial charge on any atom is 0.387 e. The van der Waals surface area contributed by atoms with Gasteiger partial charge >= 0.3 is 6.61 Å². The summed E-state index contributed by atoms with van der Waals surface area (Å²) in [5.41, 5.74) is 1.54. The van der Waals surface area contributed by atoms with Gasteiger partial charge in [-0.2, -0.15) is 13.8 Å². The molecule has 0 spiro atoms. The highest BCUT2D eigenvalue weighted by molar-refractivity contribution is 6.03. The van der Waals surface area contributed by atoms with E-state index in [1.54, 1.807) is 6.07 Å². The van der Waals surface area contributed by atoms with Crippen LogP contribution in [0.15, 0.2) is 42.5 Å².